The van der Waals surface area contributed by atoms with Gasteiger partial charge >= 0.3 is 0 Å². The highest BCUT2D eigenvalue weighted by Crippen LogP contribution is 2.11. The van der Waals surface area contributed by atoms with Gasteiger partial charge in [-0.05, 0) is 19.1 Å². The van der Waals surface area contributed by atoms with E-state index in [-0.39, 0.29) is 17.4 Å². The maximum Gasteiger partial charge on any atom is 0.242 e. The number of benzene rings is 1. The molecule has 1 atom stereocenters. The summed E-state index contributed by atoms with van der Waals surface area (Å²) in [6.07, 6.45) is 0. The SMILES string of the molecule is CC(=O)c1cccc(NC(=O)C(N)CS)c1. The molecule has 3 N–H and O–H groups in total. The highest BCUT2D eigenvalue weighted by Gasteiger charge is 2.11. The van der Waals surface area contributed by atoms with Crippen molar-refractivity contribution >= 4 is 30.0 Å². The number of hydrogen-bond acceptors (Lipinski definition) is 4. The molecule has 0 aliphatic carbocycles. The van der Waals surface area contributed by atoms with E-state index in [0.717, 1.165) is 0 Å². The van der Waals surface area contributed by atoms with Crippen molar-refractivity contribution in [1.82, 2.24) is 0 Å². The zero-order valence-corrected chi connectivity index (χ0v) is 9.83. The molecular weight excluding hydrogens is 224 g/mol. The second-order valence-electron chi connectivity index (χ2n) is 3.42. The van der Waals surface area contributed by atoms with Crippen molar-refractivity contribution in [2.45, 2.75) is 13.0 Å². The summed E-state index contributed by atoms with van der Waals surface area (Å²) in [7, 11) is 0. The molecule has 4 nitrogen and oxygen atoms in total. The number of nitrogens with one attached hydrogen (secondary N) is 1. The van der Waals surface area contributed by atoms with E-state index in [1.807, 2.05) is 0 Å². The Morgan fingerprint density at radius 3 is 2.75 bits per heavy atom. The predicted octanol–water partition coefficient (Wildman–Crippen LogP) is 1.08. The molecule has 1 unspecified atom stereocenters. The molecular formula is C11H14N2O2S. The van der Waals surface area contributed by atoms with E-state index >= 15 is 0 Å². The molecule has 5 heteroatoms. The van der Waals surface area contributed by atoms with Crippen molar-refractivity contribution in [2.75, 3.05) is 11.1 Å². The number of rotatable bonds is 4. The van der Waals surface area contributed by atoms with Crippen LogP contribution >= 0.6 is 12.6 Å². The fraction of sp³-hybridized carbons (Fsp3) is 0.273. The fourth-order valence-corrected chi connectivity index (χ4v) is 1.30. The maximum atomic E-state index is 11.5. The molecule has 0 bridgehead atoms. The third-order valence-electron chi connectivity index (χ3n) is 2.07. The monoisotopic (exact) mass is 238 g/mol. The number of carbonyl (C=O) groups excluding carboxylic acids is 2. The Bertz CT molecular complexity index is 407. The third kappa shape index (κ3) is 3.36. The van der Waals surface area contributed by atoms with Gasteiger partial charge in [0.2, 0.25) is 5.91 Å². The van der Waals surface area contributed by atoms with Crippen LogP contribution in [0.5, 0.6) is 0 Å². The lowest BCUT2D eigenvalue weighted by atomic mass is 10.1. The summed E-state index contributed by atoms with van der Waals surface area (Å²) >= 11 is 3.93. The average Bonchev–Trinajstić information content (AvgIpc) is 2.28. The number of nitrogens with two attached hydrogens (primary N) is 1. The number of thiol groups is 1. The highest BCUT2D eigenvalue weighted by molar-refractivity contribution is 7.80. The Morgan fingerprint density at radius 1 is 1.50 bits per heavy atom. The zero-order valence-electron chi connectivity index (χ0n) is 8.93. The Kier molecular flexibility index (Phi) is 4.52. The number of carbonyl (C=O) groups is 2. The molecule has 1 amide bonds. The van der Waals surface area contributed by atoms with E-state index in [4.69, 9.17) is 5.73 Å². The van der Waals surface area contributed by atoms with Crippen LogP contribution in [0.2, 0.25) is 0 Å². The number of amides is 1. The van der Waals surface area contributed by atoms with Gasteiger partial charge in [0.15, 0.2) is 5.78 Å². The standard InChI is InChI=1S/C11H14N2O2S/c1-7(14)8-3-2-4-9(5-8)13-11(15)10(12)6-16/h2-5,10,16H,6,12H2,1H3,(H,13,15). The van der Waals surface area contributed by atoms with Crippen LogP contribution in [0.15, 0.2) is 24.3 Å². The van der Waals surface area contributed by atoms with Crippen molar-refractivity contribution in [3.05, 3.63) is 29.8 Å². The molecule has 0 fully saturated rings. The van der Waals surface area contributed by atoms with E-state index in [0.29, 0.717) is 11.3 Å². The highest BCUT2D eigenvalue weighted by atomic mass is 32.1. The minimum absolute atomic E-state index is 0.0467. The summed E-state index contributed by atoms with van der Waals surface area (Å²) in [6, 6.07) is 6.07. The van der Waals surface area contributed by atoms with Gasteiger partial charge in [-0.2, -0.15) is 12.6 Å². The smallest absolute Gasteiger partial charge is 0.242 e. The molecule has 16 heavy (non-hydrogen) atoms. The number of anilines is 1. The number of hydrogen-bond donors (Lipinski definition) is 3. The molecule has 0 saturated carbocycles. The molecule has 0 aliphatic rings. The Hall–Kier alpha value is -1.33. The summed E-state index contributed by atoms with van der Waals surface area (Å²) in [5.41, 5.74) is 6.62. The van der Waals surface area contributed by atoms with Gasteiger partial charge in [0.25, 0.3) is 0 Å². The molecule has 1 aromatic rings. The molecule has 0 aliphatic heterocycles. The van der Waals surface area contributed by atoms with Crippen molar-refractivity contribution in [1.29, 1.82) is 0 Å². The Morgan fingerprint density at radius 2 is 2.19 bits per heavy atom. The summed E-state index contributed by atoms with van der Waals surface area (Å²) in [5, 5.41) is 2.62. The quantitative estimate of drug-likeness (QED) is 0.543. The summed E-state index contributed by atoms with van der Waals surface area (Å²) in [5.74, 6) is -0.0802. The zero-order chi connectivity index (χ0) is 12.1. The summed E-state index contributed by atoms with van der Waals surface area (Å²) < 4.78 is 0. The lowest BCUT2D eigenvalue weighted by Crippen LogP contribution is -2.37. The van der Waals surface area contributed by atoms with Crippen molar-refractivity contribution in [3.63, 3.8) is 0 Å². The first-order chi connectivity index (χ1) is 7.54. The van der Waals surface area contributed by atoms with Crippen LogP contribution in [-0.2, 0) is 4.79 Å². The van der Waals surface area contributed by atoms with Crippen LogP contribution < -0.4 is 11.1 Å². The van der Waals surface area contributed by atoms with Gasteiger partial charge < -0.3 is 11.1 Å². The first-order valence-corrected chi connectivity index (χ1v) is 5.46. The lowest BCUT2D eigenvalue weighted by molar-refractivity contribution is -0.116. The first kappa shape index (κ1) is 12.7. The van der Waals surface area contributed by atoms with Crippen LogP contribution in [0.4, 0.5) is 5.69 Å². The lowest BCUT2D eigenvalue weighted by Gasteiger charge is -2.10. The van der Waals surface area contributed by atoms with Crippen LogP contribution in [0.3, 0.4) is 0 Å². The normalized spacial score (nSPS) is 11.9. The van der Waals surface area contributed by atoms with E-state index in [9.17, 15) is 9.59 Å². The molecule has 0 radical (unpaired) electrons. The molecule has 86 valence electrons. The van der Waals surface area contributed by atoms with Crippen LogP contribution in [0.1, 0.15) is 17.3 Å². The number of Topliss-reactive ketones (excluding diaryl/α,β-unsaturated/α-hetero) is 1. The topological polar surface area (TPSA) is 72.2 Å². The minimum atomic E-state index is -0.649. The van der Waals surface area contributed by atoms with Crippen LogP contribution in [-0.4, -0.2) is 23.5 Å². The average molecular weight is 238 g/mol. The second kappa shape index (κ2) is 5.67. The minimum Gasteiger partial charge on any atom is -0.325 e. The second-order valence-corrected chi connectivity index (χ2v) is 3.78. The van der Waals surface area contributed by atoms with E-state index < -0.39 is 6.04 Å². The van der Waals surface area contributed by atoms with Gasteiger partial charge in [-0.25, -0.2) is 0 Å². The van der Waals surface area contributed by atoms with Gasteiger partial charge in [-0.3, -0.25) is 9.59 Å². The van der Waals surface area contributed by atoms with Gasteiger partial charge in [0.1, 0.15) is 0 Å². The molecule has 1 aromatic carbocycles. The van der Waals surface area contributed by atoms with Gasteiger partial charge in [-0.15, -0.1) is 0 Å². The molecule has 1 rings (SSSR count). The van der Waals surface area contributed by atoms with Crippen molar-refractivity contribution in [2.24, 2.45) is 5.73 Å². The maximum absolute atomic E-state index is 11.5. The summed E-state index contributed by atoms with van der Waals surface area (Å²) in [6.45, 7) is 1.47. The van der Waals surface area contributed by atoms with Crippen LogP contribution in [0, 0.1) is 0 Å². The van der Waals surface area contributed by atoms with E-state index in [1.165, 1.54) is 6.92 Å². The van der Waals surface area contributed by atoms with Gasteiger partial charge in [0.05, 0.1) is 6.04 Å². The first-order valence-electron chi connectivity index (χ1n) is 4.83. The van der Waals surface area contributed by atoms with E-state index in [1.54, 1.807) is 24.3 Å². The Balaban J connectivity index is 2.78. The third-order valence-corrected chi connectivity index (χ3v) is 2.46. The number of ketones is 1. The van der Waals surface area contributed by atoms with Gasteiger partial charge in [0, 0.05) is 17.0 Å². The van der Waals surface area contributed by atoms with Gasteiger partial charge in [-0.1, -0.05) is 12.1 Å². The fourth-order valence-electron chi connectivity index (χ4n) is 1.13. The molecule has 0 spiro atoms. The van der Waals surface area contributed by atoms with E-state index in [2.05, 4.69) is 17.9 Å². The molecule has 0 aromatic heterocycles. The summed E-state index contributed by atoms with van der Waals surface area (Å²) in [4.78, 5) is 22.6. The van der Waals surface area contributed by atoms with Crippen molar-refractivity contribution < 1.29 is 9.59 Å². The van der Waals surface area contributed by atoms with Crippen LogP contribution in [0.25, 0.3) is 0 Å². The molecule has 0 heterocycles. The van der Waals surface area contributed by atoms with Crippen molar-refractivity contribution in [3.8, 4) is 0 Å². The largest absolute Gasteiger partial charge is 0.325 e. The predicted molar refractivity (Wildman–Crippen MR) is 66.9 cm³/mol. The Labute approximate surface area is 99.6 Å². The molecule has 0 saturated heterocycles.